The average Bonchev–Trinajstić information content (AvgIpc) is 2.57. The molecule has 1 heterocycles. The summed E-state index contributed by atoms with van der Waals surface area (Å²) in [6.45, 7) is 2.07. The van der Waals surface area contributed by atoms with Crippen molar-refractivity contribution in [2.45, 2.75) is 6.92 Å². The lowest BCUT2D eigenvalue weighted by atomic mass is 10.1. The number of esters is 1. The second kappa shape index (κ2) is 6.67. The molecule has 1 aromatic heterocycles. The fraction of sp³-hybridized carbons (Fsp3) is 0.111. The topological polar surface area (TPSA) is 51.2 Å². The Bertz CT molecular complexity index is 865. The van der Waals surface area contributed by atoms with E-state index >= 15 is 0 Å². The first-order valence-electron chi connectivity index (χ1n) is 7.27. The van der Waals surface area contributed by atoms with Gasteiger partial charge in [-0.1, -0.05) is 41.9 Å². The zero-order valence-electron chi connectivity index (χ0n) is 12.5. The lowest BCUT2D eigenvalue weighted by Crippen LogP contribution is -2.09. The molecule has 0 saturated carbocycles. The third-order valence-electron chi connectivity index (χ3n) is 3.40. The summed E-state index contributed by atoms with van der Waals surface area (Å²) in [6.07, 6.45) is 1.53. The summed E-state index contributed by atoms with van der Waals surface area (Å²) < 4.78 is 5.13. The minimum absolute atomic E-state index is 0.303. The van der Waals surface area contributed by atoms with Crippen molar-refractivity contribution >= 4 is 39.8 Å². The predicted molar refractivity (Wildman–Crippen MR) is 92.4 cm³/mol. The summed E-state index contributed by atoms with van der Waals surface area (Å²) in [5, 5.41) is 4.65. The highest BCUT2D eigenvalue weighted by Gasteiger charge is 2.17. The predicted octanol–water partition coefficient (Wildman–Crippen LogP) is 4.81. The molecule has 0 aliphatic rings. The van der Waals surface area contributed by atoms with E-state index in [9.17, 15) is 4.79 Å². The smallest absolute Gasteiger partial charge is 0.341 e. The average molecular weight is 327 g/mol. The minimum Gasteiger partial charge on any atom is -0.462 e. The number of rotatable bonds is 4. The van der Waals surface area contributed by atoms with Crippen LogP contribution in [0.15, 0.2) is 54.7 Å². The Balaban J connectivity index is 2.16. The van der Waals surface area contributed by atoms with Crippen molar-refractivity contribution in [1.82, 2.24) is 4.98 Å². The molecule has 2 aromatic carbocycles. The first kappa shape index (κ1) is 15.3. The Labute approximate surface area is 139 Å². The van der Waals surface area contributed by atoms with E-state index in [2.05, 4.69) is 10.3 Å². The SMILES string of the molecule is CCOC(=O)c1cnc2ccccc2c1Nc1ccccc1Cl. The second-order valence-electron chi connectivity index (χ2n) is 4.89. The fourth-order valence-electron chi connectivity index (χ4n) is 2.34. The van der Waals surface area contributed by atoms with Crippen LogP contribution in [0, 0.1) is 0 Å². The number of pyridine rings is 1. The van der Waals surface area contributed by atoms with E-state index in [-0.39, 0.29) is 0 Å². The number of aromatic nitrogens is 1. The molecule has 0 spiro atoms. The number of ether oxygens (including phenoxy) is 1. The maximum absolute atomic E-state index is 12.2. The Kier molecular flexibility index (Phi) is 4.44. The highest BCUT2D eigenvalue weighted by Crippen LogP contribution is 2.32. The van der Waals surface area contributed by atoms with Crippen molar-refractivity contribution < 1.29 is 9.53 Å². The van der Waals surface area contributed by atoms with E-state index in [1.54, 1.807) is 13.0 Å². The molecule has 0 aliphatic heterocycles. The molecule has 116 valence electrons. The van der Waals surface area contributed by atoms with Gasteiger partial charge in [0.15, 0.2) is 0 Å². The van der Waals surface area contributed by atoms with Gasteiger partial charge in [-0.3, -0.25) is 4.98 Å². The van der Waals surface area contributed by atoms with Gasteiger partial charge >= 0.3 is 5.97 Å². The minimum atomic E-state index is -0.416. The van der Waals surface area contributed by atoms with Crippen LogP contribution in [0.1, 0.15) is 17.3 Å². The number of para-hydroxylation sites is 2. The number of carbonyl (C=O) groups is 1. The summed E-state index contributed by atoms with van der Waals surface area (Å²) in [6, 6.07) is 15.0. The van der Waals surface area contributed by atoms with Gasteiger partial charge in [-0.25, -0.2) is 4.79 Å². The van der Waals surface area contributed by atoms with Gasteiger partial charge in [-0.15, -0.1) is 0 Å². The van der Waals surface area contributed by atoms with Crippen LogP contribution < -0.4 is 5.32 Å². The lowest BCUT2D eigenvalue weighted by molar-refractivity contribution is 0.0527. The number of anilines is 2. The van der Waals surface area contributed by atoms with E-state index in [0.717, 1.165) is 16.6 Å². The van der Waals surface area contributed by atoms with Crippen LogP contribution in [0.3, 0.4) is 0 Å². The Morgan fingerprint density at radius 3 is 2.70 bits per heavy atom. The van der Waals surface area contributed by atoms with Gasteiger partial charge in [0, 0.05) is 11.6 Å². The van der Waals surface area contributed by atoms with Gasteiger partial charge in [0.2, 0.25) is 0 Å². The molecule has 0 unspecified atom stereocenters. The summed E-state index contributed by atoms with van der Waals surface area (Å²) >= 11 is 6.22. The summed E-state index contributed by atoms with van der Waals surface area (Å²) in [5.41, 5.74) is 2.53. The highest BCUT2D eigenvalue weighted by molar-refractivity contribution is 6.33. The van der Waals surface area contributed by atoms with E-state index in [1.807, 2.05) is 42.5 Å². The van der Waals surface area contributed by atoms with Crippen molar-refractivity contribution in [3.8, 4) is 0 Å². The highest BCUT2D eigenvalue weighted by atomic mass is 35.5. The summed E-state index contributed by atoms with van der Waals surface area (Å²) in [4.78, 5) is 16.6. The van der Waals surface area contributed by atoms with Gasteiger partial charge in [-0.05, 0) is 25.1 Å². The van der Waals surface area contributed by atoms with Crippen LogP contribution in [-0.2, 0) is 4.74 Å². The Morgan fingerprint density at radius 1 is 1.17 bits per heavy atom. The molecule has 23 heavy (non-hydrogen) atoms. The number of nitrogens with zero attached hydrogens (tertiary/aromatic N) is 1. The first-order valence-corrected chi connectivity index (χ1v) is 7.65. The van der Waals surface area contributed by atoms with Gasteiger partial charge in [-0.2, -0.15) is 0 Å². The number of carbonyl (C=O) groups excluding carboxylic acids is 1. The zero-order valence-corrected chi connectivity index (χ0v) is 13.3. The van der Waals surface area contributed by atoms with Crippen molar-refractivity contribution in [2.75, 3.05) is 11.9 Å². The lowest BCUT2D eigenvalue weighted by Gasteiger charge is -2.14. The maximum atomic E-state index is 12.2. The number of halogens is 1. The van der Waals surface area contributed by atoms with Crippen LogP contribution in [0.2, 0.25) is 5.02 Å². The van der Waals surface area contributed by atoms with Crippen LogP contribution in [-0.4, -0.2) is 17.6 Å². The quantitative estimate of drug-likeness (QED) is 0.699. The molecule has 4 nitrogen and oxygen atoms in total. The summed E-state index contributed by atoms with van der Waals surface area (Å²) in [5.74, 6) is -0.416. The van der Waals surface area contributed by atoms with Gasteiger partial charge in [0.25, 0.3) is 0 Å². The molecule has 0 radical (unpaired) electrons. The standard InChI is InChI=1S/C18H15ClN2O2/c1-2-23-18(22)13-11-20-15-9-5-3-7-12(15)17(13)21-16-10-6-4-8-14(16)19/h3-11H,2H2,1H3,(H,20,21). The molecular weight excluding hydrogens is 312 g/mol. The molecular formula is C18H15ClN2O2. The van der Waals surface area contributed by atoms with E-state index in [1.165, 1.54) is 6.20 Å². The molecule has 0 aliphatic carbocycles. The largest absolute Gasteiger partial charge is 0.462 e. The van der Waals surface area contributed by atoms with Gasteiger partial charge < -0.3 is 10.1 Å². The second-order valence-corrected chi connectivity index (χ2v) is 5.30. The molecule has 0 saturated heterocycles. The van der Waals surface area contributed by atoms with E-state index in [4.69, 9.17) is 16.3 Å². The molecule has 0 fully saturated rings. The molecule has 0 atom stereocenters. The van der Waals surface area contributed by atoms with Crippen LogP contribution in [0.5, 0.6) is 0 Å². The monoisotopic (exact) mass is 326 g/mol. The van der Waals surface area contributed by atoms with Crippen LogP contribution >= 0.6 is 11.6 Å². The van der Waals surface area contributed by atoms with Gasteiger partial charge in [0.1, 0.15) is 5.56 Å². The number of hydrogen-bond donors (Lipinski definition) is 1. The van der Waals surface area contributed by atoms with Crippen molar-refractivity contribution in [3.05, 3.63) is 65.3 Å². The number of benzene rings is 2. The molecule has 5 heteroatoms. The summed E-state index contributed by atoms with van der Waals surface area (Å²) in [7, 11) is 0. The third kappa shape index (κ3) is 3.12. The molecule has 0 bridgehead atoms. The number of fused-ring (bicyclic) bond motifs is 1. The number of hydrogen-bond acceptors (Lipinski definition) is 4. The first-order chi connectivity index (χ1) is 11.2. The van der Waals surface area contributed by atoms with E-state index < -0.39 is 5.97 Å². The normalized spacial score (nSPS) is 10.5. The Hall–Kier alpha value is -2.59. The zero-order chi connectivity index (χ0) is 16.2. The van der Waals surface area contributed by atoms with Gasteiger partial charge in [0.05, 0.1) is 28.5 Å². The van der Waals surface area contributed by atoms with E-state index in [0.29, 0.717) is 22.9 Å². The number of nitrogens with one attached hydrogen (secondary N) is 1. The Morgan fingerprint density at radius 2 is 1.91 bits per heavy atom. The molecule has 0 amide bonds. The molecule has 3 aromatic rings. The third-order valence-corrected chi connectivity index (χ3v) is 3.73. The fourth-order valence-corrected chi connectivity index (χ4v) is 2.52. The van der Waals surface area contributed by atoms with Crippen molar-refractivity contribution in [3.63, 3.8) is 0 Å². The molecule has 1 N–H and O–H groups in total. The van der Waals surface area contributed by atoms with Crippen LogP contribution in [0.25, 0.3) is 10.9 Å². The van der Waals surface area contributed by atoms with Crippen molar-refractivity contribution in [2.24, 2.45) is 0 Å². The van der Waals surface area contributed by atoms with Crippen molar-refractivity contribution in [1.29, 1.82) is 0 Å². The van der Waals surface area contributed by atoms with Crippen LogP contribution in [0.4, 0.5) is 11.4 Å². The molecule has 3 rings (SSSR count). The maximum Gasteiger partial charge on any atom is 0.341 e.